The van der Waals surface area contributed by atoms with Gasteiger partial charge in [0.15, 0.2) is 6.10 Å². The Kier molecular flexibility index (Phi) is 11.5. The predicted octanol–water partition coefficient (Wildman–Crippen LogP) is 4.69. The molecule has 298 valence electrons. The summed E-state index contributed by atoms with van der Waals surface area (Å²) in [7, 11) is 1.49. The molecular formula is C43H58N3O9+. The number of carbonyl (C=O) groups excluding carboxylic acids is 3. The van der Waals surface area contributed by atoms with Gasteiger partial charge < -0.3 is 38.3 Å². The summed E-state index contributed by atoms with van der Waals surface area (Å²) in [5.41, 5.74) is 2.00. The van der Waals surface area contributed by atoms with Crippen molar-refractivity contribution in [3.63, 3.8) is 0 Å². The number of benzene rings is 1. The van der Waals surface area contributed by atoms with Gasteiger partial charge in [0, 0.05) is 62.2 Å². The van der Waals surface area contributed by atoms with Gasteiger partial charge in [-0.05, 0) is 63.5 Å². The van der Waals surface area contributed by atoms with Crippen LogP contribution < -0.4 is 0 Å². The van der Waals surface area contributed by atoms with Crippen molar-refractivity contribution in [3.05, 3.63) is 83.2 Å². The zero-order valence-corrected chi connectivity index (χ0v) is 33.0. The largest absolute Gasteiger partial charge is 0.456 e. The first-order chi connectivity index (χ1) is 26.3. The van der Waals surface area contributed by atoms with Crippen LogP contribution in [-0.2, 0) is 35.0 Å². The van der Waals surface area contributed by atoms with Gasteiger partial charge in [0.05, 0.1) is 36.9 Å². The Hall–Kier alpha value is -3.81. The van der Waals surface area contributed by atoms with Gasteiger partial charge in [0.25, 0.3) is 0 Å². The van der Waals surface area contributed by atoms with E-state index in [0.717, 1.165) is 61.4 Å². The van der Waals surface area contributed by atoms with Crippen LogP contribution in [0.15, 0.2) is 66.4 Å². The molecule has 0 radical (unpaired) electrons. The number of aromatic nitrogens is 1. The standard InChI is InChI=1S/C43H57N3O9/c1-26-21-27(2)43-24-33(39(55-43)38(28(3)29(4)47)54-41(49)35-11-8-14-44-35)12-13-34(43)23-36(51-6)42(50)53-37(26)30(5)52-40(48)32-10-7-9-31(22-32)25-46-18-15-45(16-19-46)17-20-46/h7-14,21-22,26,28-30,33-34,36-39,47H,15-20,23-25H2,1-6H3/p+1/b27-21+/t26-,28-,29+,30-,33-,34?,36+,37+,38-,39-,43+/m1/s1. The smallest absolute Gasteiger partial charge is 0.355 e. The van der Waals surface area contributed by atoms with E-state index in [0.29, 0.717) is 17.7 Å². The van der Waals surface area contributed by atoms with Crippen LogP contribution in [0.5, 0.6) is 0 Å². The van der Waals surface area contributed by atoms with Gasteiger partial charge >= 0.3 is 17.9 Å². The number of aliphatic hydroxyl groups is 1. The van der Waals surface area contributed by atoms with Crippen LogP contribution in [0.4, 0.5) is 0 Å². The summed E-state index contributed by atoms with van der Waals surface area (Å²) in [5, 5.41) is 10.7. The van der Waals surface area contributed by atoms with Crippen molar-refractivity contribution in [1.82, 2.24) is 9.88 Å². The number of H-pyrrole nitrogens is 1. The molecule has 1 spiro atoms. The summed E-state index contributed by atoms with van der Waals surface area (Å²) < 4.78 is 32.3. The Labute approximate surface area is 324 Å². The van der Waals surface area contributed by atoms with Gasteiger partial charge in [-0.3, -0.25) is 4.90 Å². The molecule has 6 aliphatic rings. The number of ether oxygens (including phenoxy) is 5. The Morgan fingerprint density at radius 2 is 1.78 bits per heavy atom. The predicted molar refractivity (Wildman–Crippen MR) is 204 cm³/mol. The second kappa shape index (κ2) is 16.0. The van der Waals surface area contributed by atoms with Crippen molar-refractivity contribution in [2.45, 2.75) is 96.2 Å². The zero-order chi connectivity index (χ0) is 39.1. The first kappa shape index (κ1) is 39.4. The topological polar surface area (TPSA) is 137 Å². The van der Waals surface area contributed by atoms with Crippen molar-refractivity contribution < 1.29 is 47.7 Å². The lowest BCUT2D eigenvalue weighted by Gasteiger charge is -2.50. The van der Waals surface area contributed by atoms with Crippen LogP contribution in [0.1, 0.15) is 73.9 Å². The Bertz CT molecular complexity index is 1750. The summed E-state index contributed by atoms with van der Waals surface area (Å²) in [5.74, 6) is -2.70. The van der Waals surface area contributed by atoms with Gasteiger partial charge in [-0.25, -0.2) is 14.4 Å². The summed E-state index contributed by atoms with van der Waals surface area (Å²) in [6, 6.07) is 11.1. The fourth-order valence-corrected chi connectivity index (χ4v) is 9.66. The number of piperazine rings is 3. The van der Waals surface area contributed by atoms with E-state index in [1.165, 1.54) is 7.11 Å². The molecule has 6 heterocycles. The van der Waals surface area contributed by atoms with Crippen LogP contribution in [0.25, 0.3) is 0 Å². The van der Waals surface area contributed by atoms with E-state index in [2.05, 4.69) is 34.2 Å². The third kappa shape index (κ3) is 7.94. The lowest BCUT2D eigenvalue weighted by Crippen LogP contribution is -2.66. The van der Waals surface area contributed by atoms with E-state index in [9.17, 15) is 19.5 Å². The average molecular weight is 761 g/mol. The number of aliphatic hydroxyl groups excluding tert-OH is 1. The SMILES string of the molecule is CO[C@H]1CC2C=C[C@@H]3C[C@]2(O[C@H]3[C@H](OC(=O)c2ccc[nH]2)[C@H](C)[C@H](C)O)/C(C)=C/[C@@H](C)[C@@H]([C@@H](C)OC(=O)c2cccc(C[N+]34CCN(CC3)CC4)c2)OC1=O. The lowest BCUT2D eigenvalue weighted by atomic mass is 9.69. The fraction of sp³-hybridized carbons (Fsp3) is 0.605. The van der Waals surface area contributed by atoms with Crippen LogP contribution >= 0.6 is 0 Å². The molecule has 2 N–H and O–H groups in total. The molecule has 55 heavy (non-hydrogen) atoms. The van der Waals surface area contributed by atoms with E-state index in [4.69, 9.17) is 23.7 Å². The molecule has 4 fully saturated rings. The summed E-state index contributed by atoms with van der Waals surface area (Å²) >= 11 is 0. The third-order valence-corrected chi connectivity index (χ3v) is 13.2. The lowest BCUT2D eigenvalue weighted by molar-refractivity contribution is -0.953. The number of quaternary nitrogens is 1. The minimum Gasteiger partial charge on any atom is -0.456 e. The van der Waals surface area contributed by atoms with Crippen LogP contribution in [0.3, 0.4) is 0 Å². The van der Waals surface area contributed by atoms with Crippen molar-refractivity contribution in [1.29, 1.82) is 0 Å². The zero-order valence-electron chi connectivity index (χ0n) is 33.0. The van der Waals surface area contributed by atoms with E-state index >= 15 is 0 Å². The molecule has 2 aromatic rings. The van der Waals surface area contributed by atoms with E-state index in [-0.39, 0.29) is 24.2 Å². The monoisotopic (exact) mass is 760 g/mol. The fourth-order valence-electron chi connectivity index (χ4n) is 9.66. The normalized spacial score (nSPS) is 36.0. The number of hydrogen-bond donors (Lipinski definition) is 2. The maximum Gasteiger partial charge on any atom is 0.355 e. The van der Waals surface area contributed by atoms with E-state index in [1.54, 1.807) is 38.2 Å². The number of hydrogen-bond acceptors (Lipinski definition) is 10. The maximum absolute atomic E-state index is 13.8. The molecule has 0 amide bonds. The highest BCUT2D eigenvalue weighted by Gasteiger charge is 2.57. The molecule has 12 heteroatoms. The van der Waals surface area contributed by atoms with Crippen molar-refractivity contribution in [2.24, 2.45) is 23.7 Å². The van der Waals surface area contributed by atoms with Crippen molar-refractivity contribution in [3.8, 4) is 0 Å². The highest BCUT2D eigenvalue weighted by molar-refractivity contribution is 5.89. The van der Waals surface area contributed by atoms with Crippen molar-refractivity contribution in [2.75, 3.05) is 46.4 Å². The van der Waals surface area contributed by atoms with E-state index in [1.807, 2.05) is 32.9 Å². The Balaban J connectivity index is 1.12. The van der Waals surface area contributed by atoms with Gasteiger partial charge in [0.2, 0.25) is 0 Å². The molecule has 8 rings (SSSR count). The average Bonchev–Trinajstić information content (AvgIpc) is 3.83. The van der Waals surface area contributed by atoms with Crippen LogP contribution in [0, 0.1) is 23.7 Å². The van der Waals surface area contributed by atoms with Gasteiger partial charge in [-0.2, -0.15) is 0 Å². The molecule has 1 aromatic heterocycles. The number of aromatic amines is 1. The highest BCUT2D eigenvalue weighted by atomic mass is 16.6. The summed E-state index contributed by atoms with van der Waals surface area (Å²) in [6.45, 7) is 16.9. The molecule has 1 aromatic carbocycles. The number of nitrogens with one attached hydrogen (secondary N) is 1. The summed E-state index contributed by atoms with van der Waals surface area (Å²) in [6.07, 6.45) is 4.19. The number of methoxy groups -OCH3 is 1. The first-order valence-corrected chi connectivity index (χ1v) is 20.0. The first-order valence-electron chi connectivity index (χ1n) is 20.0. The van der Waals surface area contributed by atoms with Gasteiger partial charge in [-0.1, -0.05) is 44.2 Å². The summed E-state index contributed by atoms with van der Waals surface area (Å²) in [4.78, 5) is 46.2. The number of carbonyl (C=O) groups is 3. The number of cyclic esters (lactones) is 1. The molecule has 11 atom stereocenters. The minimum absolute atomic E-state index is 0.121. The second-order valence-electron chi connectivity index (χ2n) is 16.8. The number of fused-ring (bicyclic) bond motifs is 4. The third-order valence-electron chi connectivity index (χ3n) is 13.2. The molecule has 4 bridgehead atoms. The minimum atomic E-state index is -0.909. The maximum atomic E-state index is 13.8. The molecule has 5 aliphatic heterocycles. The van der Waals surface area contributed by atoms with Crippen LogP contribution in [-0.4, -0.2) is 126 Å². The quantitative estimate of drug-likeness (QED) is 0.144. The molecule has 1 aliphatic carbocycles. The van der Waals surface area contributed by atoms with E-state index < -0.39 is 66.1 Å². The number of esters is 3. The second-order valence-corrected chi connectivity index (χ2v) is 16.8. The molecule has 12 nitrogen and oxygen atoms in total. The number of nitrogens with zero attached hydrogens (tertiary/aromatic N) is 2. The van der Waals surface area contributed by atoms with Gasteiger partial charge in [-0.15, -0.1) is 0 Å². The Morgan fingerprint density at radius 3 is 2.45 bits per heavy atom. The number of rotatable bonds is 11. The van der Waals surface area contributed by atoms with Gasteiger partial charge in [0.1, 0.15) is 36.7 Å². The highest BCUT2D eigenvalue weighted by Crippen LogP contribution is 2.53. The van der Waals surface area contributed by atoms with Crippen molar-refractivity contribution >= 4 is 17.9 Å². The van der Waals surface area contributed by atoms with Crippen LogP contribution in [0.2, 0.25) is 0 Å². The molecule has 1 unspecified atom stereocenters. The molecule has 0 saturated carbocycles. The molecule has 4 saturated heterocycles. The molecular weight excluding hydrogens is 702 g/mol. The Morgan fingerprint density at radius 1 is 1.04 bits per heavy atom.